The van der Waals surface area contributed by atoms with Crippen LogP contribution in [0.15, 0.2) is 4.52 Å². The van der Waals surface area contributed by atoms with E-state index in [0.717, 1.165) is 37.4 Å². The van der Waals surface area contributed by atoms with E-state index in [0.29, 0.717) is 11.8 Å². The Morgan fingerprint density at radius 1 is 1.10 bits per heavy atom. The minimum atomic E-state index is -0.299. The monoisotopic (exact) mass is 292 g/mol. The summed E-state index contributed by atoms with van der Waals surface area (Å²) in [5, 5.41) is 14.3. The zero-order chi connectivity index (χ0) is 14.7. The molecular formula is C17H28N2O2. The highest BCUT2D eigenvalue weighted by Gasteiger charge is 2.31. The van der Waals surface area contributed by atoms with Gasteiger partial charge in [-0.05, 0) is 44.4 Å². The lowest BCUT2D eigenvalue weighted by Gasteiger charge is -2.26. The minimum Gasteiger partial charge on any atom is -0.392 e. The predicted molar refractivity (Wildman–Crippen MR) is 81.1 cm³/mol. The average Bonchev–Trinajstić information content (AvgIpc) is 2.98. The first-order valence-corrected chi connectivity index (χ1v) is 8.79. The van der Waals surface area contributed by atoms with Gasteiger partial charge in [-0.25, -0.2) is 0 Å². The molecule has 4 heteroatoms. The van der Waals surface area contributed by atoms with Gasteiger partial charge in [0, 0.05) is 5.92 Å². The molecule has 0 aromatic carbocycles. The zero-order valence-corrected chi connectivity index (χ0v) is 13.1. The van der Waals surface area contributed by atoms with Gasteiger partial charge < -0.3 is 9.63 Å². The second kappa shape index (κ2) is 6.91. The molecule has 0 spiro atoms. The van der Waals surface area contributed by atoms with Gasteiger partial charge in [0.25, 0.3) is 0 Å². The van der Waals surface area contributed by atoms with Gasteiger partial charge in [0.15, 0.2) is 5.82 Å². The Morgan fingerprint density at radius 2 is 1.86 bits per heavy atom. The van der Waals surface area contributed by atoms with Crippen molar-refractivity contribution in [2.75, 3.05) is 0 Å². The topological polar surface area (TPSA) is 59.2 Å². The Balaban J connectivity index is 1.60. The maximum Gasteiger partial charge on any atom is 0.232 e. The quantitative estimate of drug-likeness (QED) is 0.905. The SMILES string of the molecule is CCCC1CCC(c2noc(C3CCCCC3O)n2)CC1. The van der Waals surface area contributed by atoms with Crippen LogP contribution in [0.2, 0.25) is 0 Å². The summed E-state index contributed by atoms with van der Waals surface area (Å²) in [7, 11) is 0. The van der Waals surface area contributed by atoms with Crippen LogP contribution in [-0.2, 0) is 0 Å². The molecule has 0 aliphatic heterocycles. The Bertz CT molecular complexity index is 438. The molecule has 1 heterocycles. The van der Waals surface area contributed by atoms with E-state index in [9.17, 15) is 5.11 Å². The van der Waals surface area contributed by atoms with Crippen molar-refractivity contribution in [3.8, 4) is 0 Å². The molecule has 21 heavy (non-hydrogen) atoms. The Labute approximate surface area is 127 Å². The van der Waals surface area contributed by atoms with E-state index in [1.165, 1.54) is 38.5 Å². The fourth-order valence-corrected chi connectivity index (χ4v) is 4.08. The van der Waals surface area contributed by atoms with E-state index < -0.39 is 0 Å². The minimum absolute atomic E-state index is 0.0661. The number of aliphatic hydroxyl groups excluding tert-OH is 1. The third kappa shape index (κ3) is 3.47. The van der Waals surface area contributed by atoms with Crippen molar-refractivity contribution in [3.63, 3.8) is 0 Å². The molecule has 0 saturated heterocycles. The molecule has 0 bridgehead atoms. The van der Waals surface area contributed by atoms with Gasteiger partial charge in [0.1, 0.15) is 0 Å². The van der Waals surface area contributed by atoms with Crippen molar-refractivity contribution in [1.82, 2.24) is 10.1 Å². The lowest BCUT2D eigenvalue weighted by Crippen LogP contribution is -2.22. The van der Waals surface area contributed by atoms with Crippen LogP contribution in [0.3, 0.4) is 0 Å². The summed E-state index contributed by atoms with van der Waals surface area (Å²) in [6, 6.07) is 0. The number of rotatable bonds is 4. The molecule has 0 radical (unpaired) electrons. The highest BCUT2D eigenvalue weighted by atomic mass is 16.5. The van der Waals surface area contributed by atoms with Crippen molar-refractivity contribution in [2.24, 2.45) is 5.92 Å². The van der Waals surface area contributed by atoms with Crippen LogP contribution >= 0.6 is 0 Å². The summed E-state index contributed by atoms with van der Waals surface area (Å²) in [6.45, 7) is 2.27. The second-order valence-electron chi connectivity index (χ2n) is 6.96. The molecule has 2 saturated carbocycles. The number of aliphatic hydroxyl groups is 1. The fourth-order valence-electron chi connectivity index (χ4n) is 4.08. The largest absolute Gasteiger partial charge is 0.392 e. The van der Waals surface area contributed by atoms with Crippen LogP contribution < -0.4 is 0 Å². The van der Waals surface area contributed by atoms with Gasteiger partial charge in [-0.2, -0.15) is 4.98 Å². The summed E-state index contributed by atoms with van der Waals surface area (Å²) in [6.07, 6.45) is 11.4. The van der Waals surface area contributed by atoms with Crippen LogP contribution in [0.5, 0.6) is 0 Å². The standard InChI is InChI=1S/C17H28N2O2/c1-2-5-12-8-10-13(11-9-12)16-18-17(21-19-16)14-6-3-4-7-15(14)20/h12-15,20H,2-11H2,1H3. The first-order chi connectivity index (χ1) is 10.3. The van der Waals surface area contributed by atoms with E-state index in [4.69, 9.17) is 4.52 Å². The summed E-state index contributed by atoms with van der Waals surface area (Å²) in [5.41, 5.74) is 0. The molecular weight excluding hydrogens is 264 g/mol. The first kappa shape index (κ1) is 15.0. The molecule has 2 aliphatic rings. The van der Waals surface area contributed by atoms with E-state index in [1.54, 1.807) is 0 Å². The Morgan fingerprint density at radius 3 is 2.57 bits per heavy atom. The molecule has 2 atom stereocenters. The van der Waals surface area contributed by atoms with Gasteiger partial charge in [0.2, 0.25) is 5.89 Å². The molecule has 3 rings (SSSR count). The summed E-state index contributed by atoms with van der Waals surface area (Å²) < 4.78 is 5.48. The van der Waals surface area contributed by atoms with Crippen molar-refractivity contribution in [2.45, 2.75) is 89.1 Å². The molecule has 2 aliphatic carbocycles. The van der Waals surface area contributed by atoms with Crippen LogP contribution in [0.1, 0.15) is 94.7 Å². The third-order valence-electron chi connectivity index (χ3n) is 5.41. The van der Waals surface area contributed by atoms with Crippen molar-refractivity contribution < 1.29 is 9.63 Å². The van der Waals surface area contributed by atoms with Gasteiger partial charge in [-0.3, -0.25) is 0 Å². The molecule has 0 amide bonds. The van der Waals surface area contributed by atoms with Crippen molar-refractivity contribution in [1.29, 1.82) is 0 Å². The summed E-state index contributed by atoms with van der Waals surface area (Å²) in [5.74, 6) is 3.00. The van der Waals surface area contributed by atoms with Gasteiger partial charge in [0.05, 0.1) is 12.0 Å². The molecule has 1 aromatic rings. The lowest BCUT2D eigenvalue weighted by atomic mass is 9.80. The first-order valence-electron chi connectivity index (χ1n) is 8.79. The number of aromatic nitrogens is 2. The molecule has 2 unspecified atom stereocenters. The van der Waals surface area contributed by atoms with E-state index in [1.807, 2.05) is 0 Å². The van der Waals surface area contributed by atoms with E-state index >= 15 is 0 Å². The van der Waals surface area contributed by atoms with Gasteiger partial charge in [-0.1, -0.05) is 37.8 Å². The Kier molecular flexibility index (Phi) is 4.94. The van der Waals surface area contributed by atoms with Crippen molar-refractivity contribution in [3.05, 3.63) is 11.7 Å². The highest BCUT2D eigenvalue weighted by molar-refractivity contribution is 5.03. The Hall–Kier alpha value is -0.900. The van der Waals surface area contributed by atoms with Gasteiger partial charge in [-0.15, -0.1) is 0 Å². The third-order valence-corrected chi connectivity index (χ3v) is 5.41. The number of hydrogen-bond acceptors (Lipinski definition) is 4. The molecule has 118 valence electrons. The van der Waals surface area contributed by atoms with Gasteiger partial charge >= 0.3 is 0 Å². The highest BCUT2D eigenvalue weighted by Crippen LogP contribution is 2.38. The fraction of sp³-hybridized carbons (Fsp3) is 0.882. The maximum absolute atomic E-state index is 10.1. The van der Waals surface area contributed by atoms with Crippen LogP contribution in [0.4, 0.5) is 0 Å². The predicted octanol–water partition coefficient (Wildman–Crippen LogP) is 4.16. The molecule has 2 fully saturated rings. The average molecular weight is 292 g/mol. The normalized spacial score (nSPS) is 34.0. The van der Waals surface area contributed by atoms with Crippen LogP contribution in [0, 0.1) is 5.92 Å². The van der Waals surface area contributed by atoms with E-state index in [2.05, 4.69) is 17.1 Å². The lowest BCUT2D eigenvalue weighted by molar-refractivity contribution is 0.0908. The maximum atomic E-state index is 10.1. The smallest absolute Gasteiger partial charge is 0.232 e. The van der Waals surface area contributed by atoms with Crippen molar-refractivity contribution >= 4 is 0 Å². The summed E-state index contributed by atoms with van der Waals surface area (Å²) >= 11 is 0. The molecule has 1 aromatic heterocycles. The zero-order valence-electron chi connectivity index (χ0n) is 13.1. The second-order valence-corrected chi connectivity index (χ2v) is 6.96. The summed E-state index contributed by atoms with van der Waals surface area (Å²) in [4.78, 5) is 4.64. The molecule has 1 N–H and O–H groups in total. The number of nitrogens with zero attached hydrogens (tertiary/aromatic N) is 2. The van der Waals surface area contributed by atoms with E-state index in [-0.39, 0.29) is 12.0 Å². The molecule has 4 nitrogen and oxygen atoms in total. The number of hydrogen-bond donors (Lipinski definition) is 1. The van der Waals surface area contributed by atoms with Crippen LogP contribution in [-0.4, -0.2) is 21.4 Å². The van der Waals surface area contributed by atoms with Crippen LogP contribution in [0.25, 0.3) is 0 Å².